The topological polar surface area (TPSA) is 81.2 Å². The van der Waals surface area contributed by atoms with Crippen LogP contribution in [0, 0.1) is 0 Å². The second-order valence-corrected chi connectivity index (χ2v) is 5.98. The quantitative estimate of drug-likeness (QED) is 0.762. The van der Waals surface area contributed by atoms with Gasteiger partial charge < -0.3 is 5.73 Å². The summed E-state index contributed by atoms with van der Waals surface area (Å²) in [7, 11) is -1.76. The molecule has 0 saturated carbocycles. The molecule has 7 heteroatoms. The van der Waals surface area contributed by atoms with E-state index in [2.05, 4.69) is 5.10 Å². The average Bonchev–Trinajstić information content (AvgIpc) is 2.65. The number of aromatic nitrogens is 2. The Morgan fingerprint density at radius 3 is 2.88 bits per heavy atom. The minimum absolute atomic E-state index is 0.0627. The Morgan fingerprint density at radius 2 is 2.31 bits per heavy atom. The molecule has 1 saturated heterocycles. The van der Waals surface area contributed by atoms with Crippen molar-refractivity contribution in [1.29, 1.82) is 0 Å². The zero-order chi connectivity index (χ0) is 11.8. The van der Waals surface area contributed by atoms with Crippen LogP contribution in [0.5, 0.6) is 0 Å². The molecule has 1 aliphatic heterocycles. The molecule has 1 aromatic heterocycles. The van der Waals surface area contributed by atoms with Crippen LogP contribution in [0.3, 0.4) is 0 Å². The Labute approximate surface area is 95.1 Å². The van der Waals surface area contributed by atoms with Crippen LogP contribution in [-0.4, -0.2) is 41.6 Å². The summed E-state index contributed by atoms with van der Waals surface area (Å²) in [5, 5.41) is 4.03. The highest BCUT2D eigenvalue weighted by Gasteiger charge is 2.30. The molecule has 16 heavy (non-hydrogen) atoms. The summed E-state index contributed by atoms with van der Waals surface area (Å²) in [6, 6.07) is 1.45. The van der Waals surface area contributed by atoms with Crippen LogP contribution in [0.2, 0.25) is 0 Å². The fourth-order valence-corrected chi connectivity index (χ4v) is 3.34. The van der Waals surface area contributed by atoms with Gasteiger partial charge in [0.1, 0.15) is 0 Å². The molecule has 1 fully saturated rings. The summed E-state index contributed by atoms with van der Waals surface area (Å²) < 4.78 is 27.2. The Kier molecular flexibility index (Phi) is 3.00. The third kappa shape index (κ3) is 2.11. The van der Waals surface area contributed by atoms with Gasteiger partial charge in [-0.1, -0.05) is 0 Å². The van der Waals surface area contributed by atoms with Crippen molar-refractivity contribution in [2.75, 3.05) is 13.1 Å². The molecule has 0 bridgehead atoms. The van der Waals surface area contributed by atoms with E-state index in [-0.39, 0.29) is 11.1 Å². The van der Waals surface area contributed by atoms with Crippen molar-refractivity contribution < 1.29 is 8.42 Å². The molecule has 2 N–H and O–H groups in total. The lowest BCUT2D eigenvalue weighted by molar-refractivity contribution is 0.315. The van der Waals surface area contributed by atoms with Gasteiger partial charge in [-0.05, 0) is 18.9 Å². The minimum Gasteiger partial charge on any atom is -0.327 e. The number of hydrogen-bond donors (Lipinski definition) is 1. The number of piperidine rings is 1. The number of nitrogens with zero attached hydrogens (tertiary/aromatic N) is 3. The highest BCUT2D eigenvalue weighted by Crippen LogP contribution is 2.18. The van der Waals surface area contributed by atoms with Gasteiger partial charge in [0.05, 0.1) is 0 Å². The number of aryl methyl sites for hydroxylation is 1. The van der Waals surface area contributed by atoms with E-state index in [1.54, 1.807) is 13.2 Å². The molecule has 0 spiro atoms. The molecule has 1 unspecified atom stereocenters. The van der Waals surface area contributed by atoms with Gasteiger partial charge in [-0.15, -0.1) is 0 Å². The van der Waals surface area contributed by atoms with Crippen LogP contribution in [0.1, 0.15) is 12.8 Å². The lowest BCUT2D eigenvalue weighted by Crippen LogP contribution is -2.45. The summed E-state index contributed by atoms with van der Waals surface area (Å²) >= 11 is 0. The van der Waals surface area contributed by atoms with Gasteiger partial charge in [0.2, 0.25) is 0 Å². The van der Waals surface area contributed by atoms with Crippen LogP contribution in [0.15, 0.2) is 17.3 Å². The average molecular weight is 244 g/mol. The molecule has 0 aromatic carbocycles. The van der Waals surface area contributed by atoms with E-state index in [1.165, 1.54) is 15.1 Å². The minimum atomic E-state index is -3.45. The van der Waals surface area contributed by atoms with Gasteiger partial charge in [-0.2, -0.15) is 9.40 Å². The van der Waals surface area contributed by atoms with Crippen molar-refractivity contribution in [3.8, 4) is 0 Å². The molecule has 0 amide bonds. The molecule has 0 aliphatic carbocycles. The predicted molar refractivity (Wildman–Crippen MR) is 59.2 cm³/mol. The normalized spacial score (nSPS) is 23.5. The smallest absolute Gasteiger partial charge is 0.262 e. The van der Waals surface area contributed by atoms with Gasteiger partial charge in [-0.25, -0.2) is 8.42 Å². The lowest BCUT2D eigenvalue weighted by Gasteiger charge is -2.29. The third-order valence-electron chi connectivity index (χ3n) is 2.71. The number of sulfonamides is 1. The largest absolute Gasteiger partial charge is 0.327 e. The van der Waals surface area contributed by atoms with Crippen LogP contribution in [-0.2, 0) is 17.1 Å². The van der Waals surface area contributed by atoms with Gasteiger partial charge in [0.15, 0.2) is 5.03 Å². The molecule has 0 radical (unpaired) electrons. The fourth-order valence-electron chi connectivity index (χ4n) is 1.86. The standard InChI is InChI=1S/C9H16N4O2S/c1-12-6-4-9(11-12)16(14,15)13-5-2-3-8(10)7-13/h4,6,8H,2-3,5,7,10H2,1H3. The van der Waals surface area contributed by atoms with Crippen LogP contribution in [0.25, 0.3) is 0 Å². The van der Waals surface area contributed by atoms with E-state index < -0.39 is 10.0 Å². The van der Waals surface area contributed by atoms with Crippen LogP contribution < -0.4 is 5.73 Å². The second kappa shape index (κ2) is 4.15. The molecule has 2 rings (SSSR count). The molecular weight excluding hydrogens is 228 g/mol. The first-order valence-electron chi connectivity index (χ1n) is 5.25. The van der Waals surface area contributed by atoms with E-state index >= 15 is 0 Å². The monoisotopic (exact) mass is 244 g/mol. The van der Waals surface area contributed by atoms with Gasteiger partial charge in [0, 0.05) is 32.4 Å². The maximum atomic E-state index is 12.1. The zero-order valence-electron chi connectivity index (χ0n) is 9.20. The van der Waals surface area contributed by atoms with E-state index in [1.807, 2.05) is 0 Å². The van der Waals surface area contributed by atoms with Gasteiger partial charge in [-0.3, -0.25) is 4.68 Å². The highest BCUT2D eigenvalue weighted by molar-refractivity contribution is 7.89. The third-order valence-corrected chi connectivity index (χ3v) is 4.47. The molecule has 6 nitrogen and oxygen atoms in total. The molecule has 1 aromatic rings. The molecule has 1 aliphatic rings. The van der Waals surface area contributed by atoms with E-state index in [0.29, 0.717) is 13.1 Å². The lowest BCUT2D eigenvalue weighted by atomic mass is 10.1. The van der Waals surface area contributed by atoms with Crippen molar-refractivity contribution in [1.82, 2.24) is 14.1 Å². The summed E-state index contributed by atoms with van der Waals surface area (Å²) in [6.45, 7) is 0.922. The van der Waals surface area contributed by atoms with Crippen LogP contribution >= 0.6 is 0 Å². The zero-order valence-corrected chi connectivity index (χ0v) is 10.0. The molecule has 90 valence electrons. The number of hydrogen-bond acceptors (Lipinski definition) is 4. The fraction of sp³-hybridized carbons (Fsp3) is 0.667. The Balaban J connectivity index is 2.25. The van der Waals surface area contributed by atoms with Gasteiger partial charge in [0.25, 0.3) is 10.0 Å². The Hall–Kier alpha value is -0.920. The number of rotatable bonds is 2. The van der Waals surface area contributed by atoms with Crippen molar-refractivity contribution in [2.45, 2.75) is 23.9 Å². The predicted octanol–water partition coefficient (Wildman–Crippen LogP) is -0.468. The van der Waals surface area contributed by atoms with E-state index in [4.69, 9.17) is 5.73 Å². The maximum absolute atomic E-state index is 12.1. The summed E-state index contributed by atoms with van der Waals surface area (Å²) in [6.07, 6.45) is 3.32. The summed E-state index contributed by atoms with van der Waals surface area (Å²) in [5.41, 5.74) is 5.77. The van der Waals surface area contributed by atoms with Crippen molar-refractivity contribution in [3.63, 3.8) is 0 Å². The van der Waals surface area contributed by atoms with Crippen LogP contribution in [0.4, 0.5) is 0 Å². The van der Waals surface area contributed by atoms with E-state index in [9.17, 15) is 8.42 Å². The SMILES string of the molecule is Cn1ccc(S(=O)(=O)N2CCCC(N)C2)n1. The van der Waals surface area contributed by atoms with Gasteiger partial charge >= 0.3 is 0 Å². The first-order valence-corrected chi connectivity index (χ1v) is 6.69. The first kappa shape index (κ1) is 11.6. The van der Waals surface area contributed by atoms with Crippen molar-refractivity contribution >= 4 is 10.0 Å². The first-order chi connectivity index (χ1) is 7.50. The maximum Gasteiger partial charge on any atom is 0.262 e. The molecule has 1 atom stereocenters. The van der Waals surface area contributed by atoms with Crippen molar-refractivity contribution in [2.24, 2.45) is 12.8 Å². The molecular formula is C9H16N4O2S. The molecule has 2 heterocycles. The summed E-state index contributed by atoms with van der Waals surface area (Å²) in [5.74, 6) is 0. The Morgan fingerprint density at radius 1 is 1.56 bits per heavy atom. The highest BCUT2D eigenvalue weighted by atomic mass is 32.2. The van der Waals surface area contributed by atoms with E-state index in [0.717, 1.165) is 12.8 Å². The Bertz CT molecular complexity index is 468. The van der Waals surface area contributed by atoms with Crippen molar-refractivity contribution in [3.05, 3.63) is 12.3 Å². The second-order valence-electron chi connectivity index (χ2n) is 4.09. The summed E-state index contributed by atoms with van der Waals surface area (Å²) in [4.78, 5) is 0. The number of nitrogens with two attached hydrogens (primary N) is 1.